The fourth-order valence-electron chi connectivity index (χ4n) is 2.06. The van der Waals surface area contributed by atoms with E-state index in [0.29, 0.717) is 0 Å². The molecule has 0 aliphatic rings. The zero-order valence-corrected chi connectivity index (χ0v) is 18.0. The molecule has 0 aliphatic heterocycles. The summed E-state index contributed by atoms with van der Waals surface area (Å²) < 4.78 is 10.3. The lowest BCUT2D eigenvalue weighted by atomic mass is 10.2. The molecule has 0 bridgehead atoms. The summed E-state index contributed by atoms with van der Waals surface area (Å²) in [5, 5.41) is 27.7. The number of primary amides is 2. The summed E-state index contributed by atoms with van der Waals surface area (Å²) in [6, 6.07) is -4.27. The van der Waals surface area contributed by atoms with Gasteiger partial charge >= 0.3 is 6.03 Å². The summed E-state index contributed by atoms with van der Waals surface area (Å²) in [5.41, 5.74) is 10.1. The van der Waals surface area contributed by atoms with Crippen LogP contribution in [0.1, 0.15) is 13.8 Å². The number of aliphatic hydroxyl groups is 2. The summed E-state index contributed by atoms with van der Waals surface area (Å²) >= 11 is 0. The Balaban J connectivity index is 3.97. The molecule has 0 aromatic carbocycles. The number of rotatable bonds is 16. The van der Waals surface area contributed by atoms with Crippen molar-refractivity contribution < 1.29 is 43.7 Å². The first-order chi connectivity index (χ1) is 15.0. The van der Waals surface area contributed by atoms with Crippen molar-refractivity contribution in [2.45, 2.75) is 38.1 Å². The number of nitrogens with one attached hydrogen (secondary N) is 4. The highest BCUT2D eigenvalue weighted by molar-refractivity contribution is 5.89. The molecule has 0 aromatic rings. The molecule has 4 unspecified atom stereocenters. The molecule has 0 heterocycles. The van der Waals surface area contributed by atoms with Crippen molar-refractivity contribution in [3.63, 3.8) is 0 Å². The van der Waals surface area contributed by atoms with E-state index >= 15 is 0 Å². The van der Waals surface area contributed by atoms with E-state index in [1.165, 1.54) is 13.8 Å². The van der Waals surface area contributed by atoms with Gasteiger partial charge in [0.1, 0.15) is 24.7 Å². The van der Waals surface area contributed by atoms with Gasteiger partial charge in [0.05, 0.1) is 32.5 Å². The van der Waals surface area contributed by atoms with Crippen LogP contribution in [0.4, 0.5) is 4.79 Å². The second kappa shape index (κ2) is 15.7. The summed E-state index contributed by atoms with van der Waals surface area (Å²) in [5.74, 6) is -2.95. The van der Waals surface area contributed by atoms with Crippen molar-refractivity contribution in [3.8, 4) is 0 Å². The first-order valence-corrected chi connectivity index (χ1v) is 9.66. The first-order valence-electron chi connectivity index (χ1n) is 9.66. The fraction of sp³-hybridized carbons (Fsp3) is 0.706. The average Bonchev–Trinajstić information content (AvgIpc) is 2.71. The highest BCUT2D eigenvalue weighted by atomic mass is 16.5. The van der Waals surface area contributed by atoms with E-state index < -0.39 is 60.5 Å². The van der Waals surface area contributed by atoms with E-state index in [-0.39, 0.29) is 33.0 Å². The highest BCUT2D eigenvalue weighted by Crippen LogP contribution is 1.92. The maximum absolute atomic E-state index is 11.9. The Hall–Kier alpha value is -3.01. The van der Waals surface area contributed by atoms with Crippen molar-refractivity contribution in [1.82, 2.24) is 21.3 Å². The Labute approximate surface area is 184 Å². The molecule has 0 rings (SSSR count). The highest BCUT2D eigenvalue weighted by Gasteiger charge is 2.23. The normalized spacial score (nSPS) is 14.4. The van der Waals surface area contributed by atoms with E-state index in [2.05, 4.69) is 21.3 Å². The predicted octanol–water partition coefficient (Wildman–Crippen LogP) is -4.98. The van der Waals surface area contributed by atoms with Crippen LogP contribution >= 0.6 is 0 Å². The van der Waals surface area contributed by atoms with Crippen LogP contribution in [0.3, 0.4) is 0 Å². The van der Waals surface area contributed by atoms with E-state index in [0.717, 1.165) is 0 Å². The largest absolute Gasteiger partial charge is 0.394 e. The minimum Gasteiger partial charge on any atom is -0.394 e. The first kappa shape index (κ1) is 29.0. The molecule has 184 valence electrons. The van der Waals surface area contributed by atoms with E-state index in [1.807, 2.05) is 0 Å². The molecule has 32 heavy (non-hydrogen) atoms. The molecule has 6 amide bonds. The number of aliphatic hydroxyl groups excluding tert-OH is 2. The van der Waals surface area contributed by atoms with Gasteiger partial charge in [0.2, 0.25) is 23.6 Å². The number of hydrogen-bond donors (Lipinski definition) is 8. The van der Waals surface area contributed by atoms with Crippen molar-refractivity contribution in [3.05, 3.63) is 0 Å². The lowest BCUT2D eigenvalue weighted by Gasteiger charge is -2.18. The van der Waals surface area contributed by atoms with Gasteiger partial charge in [-0.1, -0.05) is 0 Å². The maximum atomic E-state index is 11.9. The third kappa shape index (κ3) is 12.6. The number of hydrogen-bond acceptors (Lipinski definition) is 9. The summed E-state index contributed by atoms with van der Waals surface area (Å²) in [6.07, 6.45) is -1.15. The van der Waals surface area contributed by atoms with Gasteiger partial charge in [-0.15, -0.1) is 0 Å². The van der Waals surface area contributed by atoms with Gasteiger partial charge in [-0.05, 0) is 13.8 Å². The molecule has 0 fully saturated rings. The van der Waals surface area contributed by atoms with Crippen LogP contribution < -0.4 is 32.7 Å². The van der Waals surface area contributed by atoms with E-state index in [9.17, 15) is 34.2 Å². The molecule has 0 saturated heterocycles. The maximum Gasteiger partial charge on any atom is 0.316 e. The minimum atomic E-state index is -1.25. The number of carbonyl (C=O) groups is 5. The van der Waals surface area contributed by atoms with Crippen LogP contribution in [0.2, 0.25) is 0 Å². The van der Waals surface area contributed by atoms with Gasteiger partial charge in [0.15, 0.2) is 0 Å². The van der Waals surface area contributed by atoms with Crippen LogP contribution in [0.25, 0.3) is 0 Å². The lowest BCUT2D eigenvalue weighted by Crippen LogP contribution is -2.55. The smallest absolute Gasteiger partial charge is 0.316 e. The molecular formula is C17H32N6O9. The van der Waals surface area contributed by atoms with Gasteiger partial charge in [0.25, 0.3) is 0 Å². The van der Waals surface area contributed by atoms with Crippen LogP contribution in [-0.4, -0.2) is 104 Å². The second-order valence-corrected chi connectivity index (χ2v) is 6.62. The minimum absolute atomic E-state index is 0.0380. The predicted molar refractivity (Wildman–Crippen MR) is 109 cm³/mol. The molecule has 0 radical (unpaired) electrons. The van der Waals surface area contributed by atoms with Crippen LogP contribution in [0.5, 0.6) is 0 Å². The summed E-state index contributed by atoms with van der Waals surface area (Å²) in [4.78, 5) is 57.2. The van der Waals surface area contributed by atoms with Crippen molar-refractivity contribution in [2.75, 3.05) is 39.6 Å². The third-order valence-electron chi connectivity index (χ3n) is 3.83. The van der Waals surface area contributed by atoms with E-state index in [1.54, 1.807) is 0 Å². The fourth-order valence-corrected chi connectivity index (χ4v) is 2.06. The number of ether oxygens (including phenoxy) is 2. The molecule has 0 saturated carbocycles. The molecule has 0 aliphatic carbocycles. The van der Waals surface area contributed by atoms with Crippen LogP contribution in [0.15, 0.2) is 0 Å². The topological polar surface area (TPSA) is 244 Å². The van der Waals surface area contributed by atoms with Crippen molar-refractivity contribution >= 4 is 29.7 Å². The molecule has 0 spiro atoms. The van der Waals surface area contributed by atoms with Gasteiger partial charge < -0.3 is 52.4 Å². The zero-order valence-electron chi connectivity index (χ0n) is 18.0. The number of urea groups is 1. The number of amides is 6. The second-order valence-electron chi connectivity index (χ2n) is 6.62. The Morgan fingerprint density at radius 3 is 2.06 bits per heavy atom. The van der Waals surface area contributed by atoms with E-state index in [4.69, 9.17) is 20.9 Å². The number of carbonyl (C=O) groups excluding carboxylic acids is 5. The number of nitrogens with two attached hydrogens (primary N) is 2. The SMILES string of the molecule is CC(NC(=O)NC(CO)C(=O)NCCOCCOCC(=O)NC(C(N)=O)C(C)O)C(N)=O. The molecule has 15 heteroatoms. The standard InChI is InChI=1S/C17H32N6O9/c1-9(14(18)27)21-17(30)22-11(7-24)16(29)20-3-4-31-5-6-32-8-12(26)23-13(10(2)25)15(19)28/h9-11,13,24-25H,3-8H2,1-2H3,(H2,18,27)(H2,19,28)(H,20,29)(H,23,26)(H2,21,22,30). The zero-order chi connectivity index (χ0) is 24.7. The van der Waals surface area contributed by atoms with Crippen molar-refractivity contribution in [2.24, 2.45) is 11.5 Å². The van der Waals surface area contributed by atoms with Crippen LogP contribution in [-0.2, 0) is 28.7 Å². The molecule has 10 N–H and O–H groups in total. The molecule has 4 atom stereocenters. The Bertz CT molecular complexity index is 646. The van der Waals surface area contributed by atoms with Crippen LogP contribution in [0, 0.1) is 0 Å². The van der Waals surface area contributed by atoms with Gasteiger partial charge in [-0.3, -0.25) is 19.2 Å². The van der Waals surface area contributed by atoms with Crippen molar-refractivity contribution in [1.29, 1.82) is 0 Å². The Kier molecular flexibility index (Phi) is 14.3. The Morgan fingerprint density at radius 2 is 1.53 bits per heavy atom. The quantitative estimate of drug-likeness (QED) is 0.102. The average molecular weight is 464 g/mol. The molecule has 0 aromatic heterocycles. The molecule has 15 nitrogen and oxygen atoms in total. The summed E-state index contributed by atoms with van der Waals surface area (Å²) in [7, 11) is 0. The summed E-state index contributed by atoms with van der Waals surface area (Å²) in [6.45, 7) is 1.88. The monoisotopic (exact) mass is 464 g/mol. The molecular weight excluding hydrogens is 432 g/mol. The van der Waals surface area contributed by atoms with Gasteiger partial charge in [-0.25, -0.2) is 4.79 Å². The van der Waals surface area contributed by atoms with Gasteiger partial charge in [-0.2, -0.15) is 0 Å². The van der Waals surface area contributed by atoms with Gasteiger partial charge in [0, 0.05) is 6.54 Å². The lowest BCUT2D eigenvalue weighted by molar-refractivity contribution is -0.132. The third-order valence-corrected chi connectivity index (χ3v) is 3.83. The Morgan fingerprint density at radius 1 is 0.906 bits per heavy atom.